The fraction of sp³-hybridized carbons (Fsp3) is 0.533. The molecular weight excluding hydrogens is 288 g/mol. The molecule has 6 heteroatoms. The van der Waals surface area contributed by atoms with Crippen LogP contribution in [0, 0.1) is 5.92 Å². The molecule has 21 heavy (non-hydrogen) atoms. The third-order valence-corrected chi connectivity index (χ3v) is 5.55. The van der Waals surface area contributed by atoms with Crippen molar-refractivity contribution < 1.29 is 13.2 Å². The summed E-state index contributed by atoms with van der Waals surface area (Å²) in [6.07, 6.45) is 4.15. The van der Waals surface area contributed by atoms with E-state index in [9.17, 15) is 13.2 Å². The molecule has 1 amide bonds. The summed E-state index contributed by atoms with van der Waals surface area (Å²) in [6, 6.07) is 6.37. The van der Waals surface area contributed by atoms with E-state index in [0.717, 1.165) is 12.8 Å². The van der Waals surface area contributed by atoms with Crippen molar-refractivity contribution in [3.05, 3.63) is 29.8 Å². The van der Waals surface area contributed by atoms with Gasteiger partial charge in [0.2, 0.25) is 10.0 Å². The minimum absolute atomic E-state index is 0.0809. The van der Waals surface area contributed by atoms with Crippen molar-refractivity contribution in [3.63, 3.8) is 0 Å². The van der Waals surface area contributed by atoms with E-state index in [1.54, 1.807) is 12.1 Å². The van der Waals surface area contributed by atoms with Crippen molar-refractivity contribution in [2.45, 2.75) is 49.6 Å². The third-order valence-electron chi connectivity index (χ3n) is 4.01. The van der Waals surface area contributed by atoms with Gasteiger partial charge in [-0.3, -0.25) is 4.79 Å². The Balaban J connectivity index is 1.66. The standard InChI is InChI=1S/C15H20N2O3S/c1-10(11-2-3-11)16-15(18)12-4-8-14(9-5-12)21(19,20)17-13-6-7-13/h4-5,8-11,13,17H,2-3,6-7H2,1H3,(H,16,18). The van der Waals surface area contributed by atoms with Gasteiger partial charge in [0.25, 0.3) is 5.91 Å². The highest BCUT2D eigenvalue weighted by molar-refractivity contribution is 7.89. The van der Waals surface area contributed by atoms with E-state index < -0.39 is 10.0 Å². The van der Waals surface area contributed by atoms with Gasteiger partial charge in [-0.25, -0.2) is 13.1 Å². The average molecular weight is 308 g/mol. The monoisotopic (exact) mass is 308 g/mol. The van der Waals surface area contributed by atoms with Crippen LogP contribution >= 0.6 is 0 Å². The van der Waals surface area contributed by atoms with Crippen LogP contribution in [-0.4, -0.2) is 26.4 Å². The second kappa shape index (κ2) is 5.42. The molecule has 1 aromatic carbocycles. The van der Waals surface area contributed by atoms with Gasteiger partial charge in [0, 0.05) is 17.6 Å². The fourth-order valence-corrected chi connectivity index (χ4v) is 3.58. The molecule has 0 aromatic heterocycles. The largest absolute Gasteiger partial charge is 0.349 e. The van der Waals surface area contributed by atoms with Gasteiger partial charge in [0.15, 0.2) is 0 Å². The summed E-state index contributed by atoms with van der Waals surface area (Å²) < 4.78 is 26.7. The zero-order valence-electron chi connectivity index (χ0n) is 12.0. The van der Waals surface area contributed by atoms with E-state index in [2.05, 4.69) is 10.0 Å². The summed E-state index contributed by atoms with van der Waals surface area (Å²) in [5.41, 5.74) is 0.493. The van der Waals surface area contributed by atoms with Crippen molar-refractivity contribution in [1.29, 1.82) is 0 Å². The van der Waals surface area contributed by atoms with E-state index in [1.165, 1.54) is 25.0 Å². The van der Waals surface area contributed by atoms with Crippen LogP contribution in [0.2, 0.25) is 0 Å². The van der Waals surface area contributed by atoms with Crippen LogP contribution in [-0.2, 0) is 10.0 Å². The first-order chi connectivity index (χ1) is 9.95. The molecule has 0 bridgehead atoms. The third kappa shape index (κ3) is 3.63. The predicted octanol–water partition coefficient (Wildman–Crippen LogP) is 1.66. The summed E-state index contributed by atoms with van der Waals surface area (Å²) in [6.45, 7) is 2.01. The summed E-state index contributed by atoms with van der Waals surface area (Å²) >= 11 is 0. The van der Waals surface area contributed by atoms with Crippen LogP contribution < -0.4 is 10.0 Å². The van der Waals surface area contributed by atoms with Crippen LogP contribution in [0.25, 0.3) is 0 Å². The lowest BCUT2D eigenvalue weighted by Crippen LogP contribution is -2.34. The van der Waals surface area contributed by atoms with Gasteiger partial charge >= 0.3 is 0 Å². The number of rotatable bonds is 6. The van der Waals surface area contributed by atoms with Gasteiger partial charge in [-0.05, 0) is 62.8 Å². The minimum Gasteiger partial charge on any atom is -0.349 e. The molecular formula is C15H20N2O3S. The Kier molecular flexibility index (Phi) is 3.75. The topological polar surface area (TPSA) is 75.3 Å². The van der Waals surface area contributed by atoms with E-state index in [0.29, 0.717) is 11.5 Å². The SMILES string of the molecule is CC(NC(=O)c1ccc(S(=O)(=O)NC2CC2)cc1)C1CC1. The maximum atomic E-state index is 12.1. The first kappa shape index (κ1) is 14.5. The van der Waals surface area contributed by atoms with Crippen molar-refractivity contribution >= 4 is 15.9 Å². The van der Waals surface area contributed by atoms with Crippen molar-refractivity contribution in [2.24, 2.45) is 5.92 Å². The van der Waals surface area contributed by atoms with Crippen LogP contribution in [0.1, 0.15) is 43.0 Å². The number of carbonyl (C=O) groups excluding carboxylic acids is 1. The minimum atomic E-state index is -3.45. The molecule has 0 heterocycles. The number of hydrogen-bond donors (Lipinski definition) is 2. The second-order valence-electron chi connectivity index (χ2n) is 6.02. The molecule has 1 atom stereocenters. The van der Waals surface area contributed by atoms with Crippen molar-refractivity contribution in [2.75, 3.05) is 0 Å². The Morgan fingerprint density at radius 1 is 1.14 bits per heavy atom. The molecule has 2 N–H and O–H groups in total. The average Bonchev–Trinajstić information content (AvgIpc) is 3.31. The molecule has 1 unspecified atom stereocenters. The molecule has 0 saturated heterocycles. The molecule has 2 aliphatic rings. The molecule has 2 fully saturated rings. The quantitative estimate of drug-likeness (QED) is 0.839. The zero-order valence-corrected chi connectivity index (χ0v) is 12.8. The smallest absolute Gasteiger partial charge is 0.251 e. The van der Waals surface area contributed by atoms with E-state index in [4.69, 9.17) is 0 Å². The molecule has 114 valence electrons. The van der Waals surface area contributed by atoms with Crippen LogP contribution in [0.15, 0.2) is 29.2 Å². The lowest BCUT2D eigenvalue weighted by atomic mass is 10.1. The molecule has 3 rings (SSSR count). The molecule has 0 spiro atoms. The molecule has 0 aliphatic heterocycles. The Morgan fingerprint density at radius 2 is 1.76 bits per heavy atom. The van der Waals surface area contributed by atoms with Crippen molar-refractivity contribution in [1.82, 2.24) is 10.0 Å². The van der Waals surface area contributed by atoms with E-state index in [-0.39, 0.29) is 22.9 Å². The molecule has 2 saturated carbocycles. The van der Waals surface area contributed by atoms with E-state index in [1.807, 2.05) is 6.92 Å². The number of hydrogen-bond acceptors (Lipinski definition) is 3. The highest BCUT2D eigenvalue weighted by Crippen LogP contribution is 2.32. The normalized spacial score (nSPS) is 20.0. The van der Waals surface area contributed by atoms with Crippen LogP contribution in [0.3, 0.4) is 0 Å². The van der Waals surface area contributed by atoms with Gasteiger partial charge < -0.3 is 5.32 Å². The highest BCUT2D eigenvalue weighted by Gasteiger charge is 2.30. The molecule has 1 aromatic rings. The lowest BCUT2D eigenvalue weighted by molar-refractivity contribution is 0.0935. The van der Waals surface area contributed by atoms with Gasteiger partial charge in [-0.1, -0.05) is 0 Å². The molecule has 0 radical (unpaired) electrons. The number of nitrogens with one attached hydrogen (secondary N) is 2. The maximum Gasteiger partial charge on any atom is 0.251 e. The zero-order chi connectivity index (χ0) is 15.0. The van der Waals surface area contributed by atoms with Gasteiger partial charge in [0.1, 0.15) is 0 Å². The Morgan fingerprint density at radius 3 is 2.29 bits per heavy atom. The van der Waals surface area contributed by atoms with Crippen LogP contribution in [0.5, 0.6) is 0 Å². The van der Waals surface area contributed by atoms with Gasteiger partial charge in [-0.15, -0.1) is 0 Å². The second-order valence-corrected chi connectivity index (χ2v) is 7.73. The molecule has 5 nitrogen and oxygen atoms in total. The Bertz CT molecular complexity index is 631. The number of benzene rings is 1. The molecule has 2 aliphatic carbocycles. The number of amides is 1. The summed E-state index contributed by atoms with van der Waals surface area (Å²) in [5, 5.41) is 2.95. The first-order valence-corrected chi connectivity index (χ1v) is 8.87. The lowest BCUT2D eigenvalue weighted by Gasteiger charge is -2.13. The van der Waals surface area contributed by atoms with Crippen LogP contribution in [0.4, 0.5) is 0 Å². The number of carbonyl (C=O) groups is 1. The Labute approximate surface area is 125 Å². The first-order valence-electron chi connectivity index (χ1n) is 7.39. The number of sulfonamides is 1. The van der Waals surface area contributed by atoms with Gasteiger partial charge in [-0.2, -0.15) is 0 Å². The summed E-state index contributed by atoms with van der Waals surface area (Å²) in [7, 11) is -3.45. The predicted molar refractivity (Wildman–Crippen MR) is 79.4 cm³/mol. The van der Waals surface area contributed by atoms with Gasteiger partial charge in [0.05, 0.1) is 4.90 Å². The van der Waals surface area contributed by atoms with Crippen molar-refractivity contribution in [3.8, 4) is 0 Å². The maximum absolute atomic E-state index is 12.1. The summed E-state index contributed by atoms with van der Waals surface area (Å²) in [4.78, 5) is 12.3. The van der Waals surface area contributed by atoms with E-state index >= 15 is 0 Å². The fourth-order valence-electron chi connectivity index (χ4n) is 2.28. The Hall–Kier alpha value is -1.40. The highest BCUT2D eigenvalue weighted by atomic mass is 32.2. The summed E-state index contributed by atoms with van der Waals surface area (Å²) in [5.74, 6) is 0.449.